The van der Waals surface area contributed by atoms with Gasteiger partial charge in [-0.3, -0.25) is 13.7 Å². The van der Waals surface area contributed by atoms with Crippen molar-refractivity contribution in [2.24, 2.45) is 30.7 Å². The van der Waals surface area contributed by atoms with Gasteiger partial charge in [-0.05, 0) is 90.3 Å². The van der Waals surface area contributed by atoms with E-state index in [9.17, 15) is 49.1 Å². The first-order valence-electron chi connectivity index (χ1n) is 15.5. The third-order valence-electron chi connectivity index (χ3n) is 7.81. The molecule has 0 aliphatic rings. The molecule has 0 heterocycles. The summed E-state index contributed by atoms with van der Waals surface area (Å²) in [5.74, 6) is -0.815. The SMILES string of the molecule is Nc1ccc(N=Nc2ccc3cc(S(=O)(=O)O)c(N=Nc4ccc(-c5ccc(N=Nc6ccc(O)cc6)cc5S(=O)(=O)O)c(S(=O)(=O)O)c4)c(O)c3c2)c(N)c1.[Na].[Na].[Na]. The molecule has 3 radical (unpaired) electrons. The van der Waals surface area contributed by atoms with E-state index in [0.717, 1.165) is 36.4 Å². The van der Waals surface area contributed by atoms with Gasteiger partial charge < -0.3 is 21.7 Å². The minimum Gasteiger partial charge on any atom is -0.508 e. The van der Waals surface area contributed by atoms with E-state index in [1.807, 2.05) is 0 Å². The number of nitrogens with zero attached hydrogens (tertiary/aromatic N) is 6. The number of rotatable bonds is 10. The monoisotopic (exact) mass is 887 g/mol. The molecule has 0 spiro atoms. The first kappa shape index (κ1) is 49.7. The molecule has 59 heavy (non-hydrogen) atoms. The Hall–Kier alpha value is -3.69. The third kappa shape index (κ3) is 12.0. The number of benzene rings is 6. The molecule has 6 aromatic carbocycles. The molecule has 0 bridgehead atoms. The Kier molecular flexibility index (Phi) is 16.7. The number of nitrogens with two attached hydrogens (primary N) is 2. The summed E-state index contributed by atoms with van der Waals surface area (Å²) in [7, 11) is -15.3. The Morgan fingerprint density at radius 1 is 0.458 bits per heavy atom. The van der Waals surface area contributed by atoms with Crippen molar-refractivity contribution in [1.29, 1.82) is 0 Å². The molecule has 289 valence electrons. The number of hydrogen-bond acceptors (Lipinski definition) is 16. The Morgan fingerprint density at radius 2 is 0.915 bits per heavy atom. The number of phenols is 2. The number of fused-ring (bicyclic) bond motifs is 1. The number of phenolic OH excluding ortho intramolecular Hbond substituents is 2. The van der Waals surface area contributed by atoms with Gasteiger partial charge in [-0.1, -0.05) is 18.2 Å². The minimum atomic E-state index is -5.17. The fraction of sp³-hybridized carbons (Fsp3) is 0. The van der Waals surface area contributed by atoms with Crippen LogP contribution in [-0.2, 0) is 30.4 Å². The molecule has 0 saturated heterocycles. The van der Waals surface area contributed by atoms with Crippen LogP contribution in [0.2, 0.25) is 0 Å². The predicted octanol–water partition coefficient (Wildman–Crippen LogP) is 6.93. The molecule has 0 atom stereocenters. The van der Waals surface area contributed by atoms with E-state index in [1.54, 1.807) is 6.07 Å². The summed E-state index contributed by atoms with van der Waals surface area (Å²) in [6.45, 7) is 0. The summed E-state index contributed by atoms with van der Waals surface area (Å²) in [5, 5.41) is 44.4. The van der Waals surface area contributed by atoms with Crippen LogP contribution in [0.4, 0.5) is 45.5 Å². The summed E-state index contributed by atoms with van der Waals surface area (Å²) in [6.07, 6.45) is 0. The second-order valence-electron chi connectivity index (χ2n) is 11.7. The van der Waals surface area contributed by atoms with Gasteiger partial charge in [-0.25, -0.2) is 0 Å². The Morgan fingerprint density at radius 3 is 1.44 bits per heavy atom. The van der Waals surface area contributed by atoms with Gasteiger partial charge >= 0.3 is 0 Å². The van der Waals surface area contributed by atoms with Gasteiger partial charge in [0.2, 0.25) is 0 Å². The minimum absolute atomic E-state index is 0. The average molecular weight is 888 g/mol. The molecule has 0 amide bonds. The van der Waals surface area contributed by atoms with Crippen molar-refractivity contribution in [3.8, 4) is 22.6 Å². The second kappa shape index (κ2) is 19.8. The molecule has 0 fully saturated rings. The van der Waals surface area contributed by atoms with E-state index in [4.69, 9.17) is 11.5 Å². The molecule has 0 unspecified atom stereocenters. The average Bonchev–Trinajstić information content (AvgIpc) is 3.12. The zero-order valence-electron chi connectivity index (χ0n) is 31.1. The first-order chi connectivity index (χ1) is 26.3. The van der Waals surface area contributed by atoms with Crippen molar-refractivity contribution in [2.75, 3.05) is 11.5 Å². The maximum atomic E-state index is 12.6. The van der Waals surface area contributed by atoms with Crippen molar-refractivity contribution in [3.05, 3.63) is 103 Å². The molecule has 0 aliphatic carbocycles. The molecule has 0 saturated carbocycles. The maximum Gasteiger partial charge on any atom is 0.296 e. The fourth-order valence-corrected chi connectivity index (χ4v) is 7.33. The number of aromatic hydroxyl groups is 2. The molecule has 6 aromatic rings. The topological polar surface area (TPSA) is 330 Å². The summed E-state index contributed by atoms with van der Waals surface area (Å²) >= 11 is 0. The summed E-state index contributed by atoms with van der Waals surface area (Å²) < 4.78 is 105. The molecule has 9 N–H and O–H groups in total. The molecular formula is C34H26N8Na3O11S3. The van der Waals surface area contributed by atoms with Gasteiger partial charge in [0.05, 0.1) is 28.4 Å². The first-order valence-corrected chi connectivity index (χ1v) is 19.8. The number of anilines is 2. The molecule has 0 aliphatic heterocycles. The van der Waals surface area contributed by atoms with Crippen LogP contribution in [0.3, 0.4) is 0 Å². The van der Waals surface area contributed by atoms with E-state index in [1.165, 1.54) is 60.7 Å². The van der Waals surface area contributed by atoms with Crippen molar-refractivity contribution in [2.45, 2.75) is 14.7 Å². The van der Waals surface area contributed by atoms with Crippen LogP contribution in [0.25, 0.3) is 21.9 Å². The molecular weight excluding hydrogens is 862 g/mol. The second-order valence-corrected chi connectivity index (χ2v) is 15.9. The normalized spacial score (nSPS) is 12.1. The van der Waals surface area contributed by atoms with Gasteiger partial charge in [-0.2, -0.15) is 45.7 Å². The summed E-state index contributed by atoms with van der Waals surface area (Å²) in [5.41, 5.74) is 11.0. The van der Waals surface area contributed by atoms with Crippen molar-refractivity contribution in [3.63, 3.8) is 0 Å². The zero-order valence-corrected chi connectivity index (χ0v) is 39.5. The number of hydrogen-bond donors (Lipinski definition) is 7. The maximum absolute atomic E-state index is 12.6. The molecule has 25 heteroatoms. The fourth-order valence-electron chi connectivity index (χ4n) is 5.22. The van der Waals surface area contributed by atoms with Gasteiger partial charge in [0.25, 0.3) is 30.4 Å². The van der Waals surface area contributed by atoms with Gasteiger partial charge in [-0.15, -0.1) is 10.2 Å². The van der Waals surface area contributed by atoms with E-state index in [-0.39, 0.29) is 145 Å². The van der Waals surface area contributed by atoms with Crippen LogP contribution in [-0.4, -0.2) is 138 Å². The van der Waals surface area contributed by atoms with Crippen LogP contribution in [0, 0.1) is 0 Å². The quantitative estimate of drug-likeness (QED) is 0.0318. The molecule has 19 nitrogen and oxygen atoms in total. The number of azo groups is 3. The van der Waals surface area contributed by atoms with E-state index in [2.05, 4.69) is 30.7 Å². The zero-order chi connectivity index (χ0) is 40.6. The van der Waals surface area contributed by atoms with Crippen LogP contribution in [0.15, 0.2) is 149 Å². The van der Waals surface area contributed by atoms with Crippen LogP contribution < -0.4 is 11.5 Å². The van der Waals surface area contributed by atoms with Crippen LogP contribution >= 0.6 is 0 Å². The van der Waals surface area contributed by atoms with Gasteiger partial charge in [0.1, 0.15) is 31.8 Å². The Labute approximate surface area is 402 Å². The smallest absolute Gasteiger partial charge is 0.296 e. The standard InChI is InChI=1S/C34H26N8O11S3.3Na/c35-19-2-12-29(28(36)14-19)41-39-21-3-1-18-13-32(56(51,52)53)33(34(44)27(18)15-21)42-40-23-7-11-26(31(17-23)55(48,49)50)25-10-6-22(16-30(25)54(45,46)47)38-37-20-4-8-24(43)9-5-20;;;/h1-17,43-44H,35-36H2,(H,45,46,47)(H,48,49,50)(H,51,52,53);;;. The van der Waals surface area contributed by atoms with Crippen molar-refractivity contribution >= 4 is 175 Å². The van der Waals surface area contributed by atoms with Crippen LogP contribution in [0.1, 0.15) is 0 Å². The van der Waals surface area contributed by atoms with E-state index >= 15 is 0 Å². The van der Waals surface area contributed by atoms with Crippen molar-refractivity contribution in [1.82, 2.24) is 0 Å². The Bertz CT molecular complexity index is 3010. The van der Waals surface area contributed by atoms with Gasteiger partial charge in [0, 0.05) is 111 Å². The molecule has 0 aromatic heterocycles. The predicted molar refractivity (Wildman–Crippen MR) is 220 cm³/mol. The van der Waals surface area contributed by atoms with Gasteiger partial charge in [0.15, 0.2) is 5.75 Å². The van der Waals surface area contributed by atoms with Crippen molar-refractivity contribution < 1.29 is 49.1 Å². The summed E-state index contributed by atoms with van der Waals surface area (Å²) in [6, 6.07) is 21.4. The Balaban J connectivity index is 0.00000310. The van der Waals surface area contributed by atoms with E-state index in [0.29, 0.717) is 5.69 Å². The number of nitrogen functional groups attached to an aromatic ring is 2. The van der Waals surface area contributed by atoms with Crippen LogP contribution in [0.5, 0.6) is 11.5 Å². The molecule has 6 rings (SSSR count). The largest absolute Gasteiger partial charge is 0.508 e. The third-order valence-corrected chi connectivity index (χ3v) is 10.5. The van der Waals surface area contributed by atoms with E-state index < -0.39 is 62.0 Å². The summed E-state index contributed by atoms with van der Waals surface area (Å²) in [4.78, 5) is -2.59.